The van der Waals surface area contributed by atoms with Gasteiger partial charge in [-0.15, -0.1) is 0 Å². The highest BCUT2D eigenvalue weighted by atomic mass is 35.5. The van der Waals surface area contributed by atoms with E-state index in [-0.39, 0.29) is 18.4 Å². The maximum Gasteiger partial charge on any atom is 0.278 e. The highest BCUT2D eigenvalue weighted by molar-refractivity contribution is 6.37. The lowest BCUT2D eigenvalue weighted by Gasteiger charge is -2.21. The number of hydrogen-bond acceptors (Lipinski definition) is 4. The summed E-state index contributed by atoms with van der Waals surface area (Å²) in [6.07, 6.45) is 4.15. The van der Waals surface area contributed by atoms with E-state index in [0.29, 0.717) is 28.4 Å². The number of carbonyl (C=O) groups is 2. The molecule has 0 radical (unpaired) electrons. The first-order valence-corrected chi connectivity index (χ1v) is 10.1. The summed E-state index contributed by atoms with van der Waals surface area (Å²) in [6, 6.07) is 18.7. The van der Waals surface area contributed by atoms with E-state index < -0.39 is 0 Å². The van der Waals surface area contributed by atoms with E-state index >= 15 is 0 Å². The molecule has 0 atom stereocenters. The average molecular weight is 416 g/mol. The van der Waals surface area contributed by atoms with Crippen molar-refractivity contribution in [1.82, 2.24) is 9.88 Å². The van der Waals surface area contributed by atoms with Crippen LogP contribution >= 0.6 is 11.6 Å². The van der Waals surface area contributed by atoms with E-state index in [9.17, 15) is 9.59 Å². The smallest absolute Gasteiger partial charge is 0.278 e. The van der Waals surface area contributed by atoms with Crippen molar-refractivity contribution in [2.75, 3.05) is 11.4 Å². The Balaban J connectivity index is 1.62. The van der Waals surface area contributed by atoms with Gasteiger partial charge in [0.05, 0.1) is 12.1 Å². The van der Waals surface area contributed by atoms with Gasteiger partial charge < -0.3 is 4.90 Å². The van der Waals surface area contributed by atoms with Crippen LogP contribution in [0.15, 0.2) is 78.8 Å². The number of nitrogens with zero attached hydrogens (tertiary/aromatic N) is 3. The summed E-state index contributed by atoms with van der Waals surface area (Å²) in [7, 11) is 0. The van der Waals surface area contributed by atoms with E-state index in [1.165, 1.54) is 10.5 Å². The molecule has 0 saturated heterocycles. The van der Waals surface area contributed by atoms with Crippen molar-refractivity contribution >= 4 is 34.7 Å². The Hall–Kier alpha value is -3.44. The molecule has 3 heterocycles. The fourth-order valence-electron chi connectivity index (χ4n) is 4.08. The summed E-state index contributed by atoms with van der Waals surface area (Å²) in [6.45, 7) is 0.865. The number of fused-ring (bicyclic) bond motifs is 1. The minimum atomic E-state index is -0.293. The maximum absolute atomic E-state index is 13.5. The van der Waals surface area contributed by atoms with Gasteiger partial charge in [0, 0.05) is 29.6 Å². The largest absolute Gasteiger partial charge is 0.336 e. The van der Waals surface area contributed by atoms with Crippen LogP contribution in [0.1, 0.15) is 16.7 Å². The number of anilines is 1. The molecule has 3 aromatic rings. The van der Waals surface area contributed by atoms with Gasteiger partial charge in [-0.05, 0) is 53.4 Å². The Kier molecular flexibility index (Phi) is 4.60. The lowest BCUT2D eigenvalue weighted by atomic mass is 10.0. The molecule has 30 heavy (non-hydrogen) atoms. The summed E-state index contributed by atoms with van der Waals surface area (Å²) in [5.41, 5.74) is 4.54. The van der Waals surface area contributed by atoms with Crippen molar-refractivity contribution in [3.05, 3.63) is 100 Å². The predicted molar refractivity (Wildman–Crippen MR) is 116 cm³/mol. The molecule has 1 aromatic heterocycles. The highest BCUT2D eigenvalue weighted by Crippen LogP contribution is 2.39. The molecule has 0 saturated carbocycles. The minimum Gasteiger partial charge on any atom is -0.336 e. The van der Waals surface area contributed by atoms with Crippen molar-refractivity contribution in [2.24, 2.45) is 0 Å². The van der Waals surface area contributed by atoms with Gasteiger partial charge in [-0.1, -0.05) is 41.9 Å². The normalized spacial score (nSPS) is 15.9. The van der Waals surface area contributed by atoms with Gasteiger partial charge >= 0.3 is 0 Å². The third-order valence-electron chi connectivity index (χ3n) is 5.52. The fraction of sp³-hybridized carbons (Fsp3) is 0.125. The van der Waals surface area contributed by atoms with Gasteiger partial charge in [-0.25, -0.2) is 0 Å². The van der Waals surface area contributed by atoms with E-state index in [1.54, 1.807) is 36.7 Å². The average Bonchev–Trinajstić information content (AvgIpc) is 3.29. The van der Waals surface area contributed by atoms with E-state index in [2.05, 4.69) is 11.1 Å². The molecule has 0 unspecified atom stereocenters. The molecule has 0 bridgehead atoms. The van der Waals surface area contributed by atoms with Crippen molar-refractivity contribution in [1.29, 1.82) is 0 Å². The van der Waals surface area contributed by atoms with Crippen LogP contribution in [0.25, 0.3) is 5.57 Å². The van der Waals surface area contributed by atoms with E-state index in [4.69, 9.17) is 11.6 Å². The lowest BCUT2D eigenvalue weighted by Crippen LogP contribution is -2.34. The maximum atomic E-state index is 13.5. The molecule has 2 amide bonds. The first-order chi connectivity index (χ1) is 14.6. The number of benzene rings is 2. The monoisotopic (exact) mass is 415 g/mol. The highest BCUT2D eigenvalue weighted by Gasteiger charge is 2.43. The van der Waals surface area contributed by atoms with Gasteiger partial charge in [0.25, 0.3) is 11.8 Å². The third-order valence-corrected chi connectivity index (χ3v) is 5.78. The van der Waals surface area contributed by atoms with Gasteiger partial charge in [-0.3, -0.25) is 19.5 Å². The number of carbonyl (C=O) groups excluding carboxylic acids is 2. The number of hydrogen-bond donors (Lipinski definition) is 0. The number of halogens is 1. The minimum absolute atomic E-state index is 0.205. The van der Waals surface area contributed by atoms with Gasteiger partial charge in [0.1, 0.15) is 5.70 Å². The molecule has 5 nitrogen and oxygen atoms in total. The molecule has 0 N–H and O–H groups in total. The zero-order chi connectivity index (χ0) is 20.7. The lowest BCUT2D eigenvalue weighted by molar-refractivity contribution is -0.137. The van der Waals surface area contributed by atoms with Crippen LogP contribution in [0, 0.1) is 0 Å². The summed E-state index contributed by atoms with van der Waals surface area (Å²) in [5, 5.41) is 0.581. The second-order valence-corrected chi connectivity index (χ2v) is 7.75. The number of imide groups is 1. The number of aromatic nitrogens is 1. The molecule has 2 aliphatic rings. The van der Waals surface area contributed by atoms with Crippen LogP contribution in [-0.2, 0) is 22.6 Å². The van der Waals surface area contributed by atoms with E-state index in [0.717, 1.165) is 17.7 Å². The summed E-state index contributed by atoms with van der Waals surface area (Å²) < 4.78 is 0. The SMILES string of the molecule is O=C1C(c2ccc(Cl)cc2)=C(N2CCc3ccccc32)C(=O)N1Cc1ccncc1. The van der Waals surface area contributed by atoms with Crippen molar-refractivity contribution in [3.63, 3.8) is 0 Å². The Labute approximate surface area is 179 Å². The zero-order valence-electron chi connectivity index (χ0n) is 16.1. The Morgan fingerprint density at radius 3 is 2.40 bits per heavy atom. The molecule has 5 rings (SSSR count). The Bertz CT molecular complexity index is 1170. The Morgan fingerprint density at radius 1 is 0.900 bits per heavy atom. The quantitative estimate of drug-likeness (QED) is 0.602. The number of para-hydroxylation sites is 1. The predicted octanol–water partition coefficient (Wildman–Crippen LogP) is 4.08. The molecule has 2 aromatic carbocycles. The third kappa shape index (κ3) is 3.08. The van der Waals surface area contributed by atoms with Crippen LogP contribution < -0.4 is 4.90 Å². The van der Waals surface area contributed by atoms with Crippen LogP contribution in [0.3, 0.4) is 0 Å². The number of pyridine rings is 1. The second-order valence-electron chi connectivity index (χ2n) is 7.31. The number of amides is 2. The van der Waals surface area contributed by atoms with Crippen LogP contribution in [0.5, 0.6) is 0 Å². The van der Waals surface area contributed by atoms with Crippen molar-refractivity contribution < 1.29 is 9.59 Å². The molecule has 6 heteroatoms. The summed E-state index contributed by atoms with van der Waals surface area (Å²) >= 11 is 6.06. The fourth-order valence-corrected chi connectivity index (χ4v) is 4.20. The zero-order valence-corrected chi connectivity index (χ0v) is 16.8. The van der Waals surface area contributed by atoms with Crippen molar-refractivity contribution in [2.45, 2.75) is 13.0 Å². The first-order valence-electron chi connectivity index (χ1n) is 9.74. The summed E-state index contributed by atoms with van der Waals surface area (Å²) in [5.74, 6) is -0.572. The Morgan fingerprint density at radius 2 is 1.63 bits per heavy atom. The van der Waals surface area contributed by atoms with Crippen molar-refractivity contribution in [3.8, 4) is 0 Å². The standard InChI is InChI=1S/C24H18ClN3O2/c25-19-7-5-18(6-8-19)21-22(27-14-11-17-3-1-2-4-20(17)27)24(30)28(23(21)29)15-16-9-12-26-13-10-16/h1-10,12-13H,11,14-15H2. The first kappa shape index (κ1) is 18.6. The number of rotatable bonds is 4. The molecule has 0 spiro atoms. The van der Waals surface area contributed by atoms with Crippen LogP contribution in [0.2, 0.25) is 5.02 Å². The molecular formula is C24H18ClN3O2. The van der Waals surface area contributed by atoms with Gasteiger partial charge in [-0.2, -0.15) is 0 Å². The molecule has 0 fully saturated rings. The van der Waals surface area contributed by atoms with Crippen LogP contribution in [-0.4, -0.2) is 28.2 Å². The van der Waals surface area contributed by atoms with E-state index in [1.807, 2.05) is 35.2 Å². The summed E-state index contributed by atoms with van der Waals surface area (Å²) in [4.78, 5) is 34.3. The van der Waals surface area contributed by atoms with Gasteiger partial charge in [0.2, 0.25) is 0 Å². The molecule has 148 valence electrons. The molecule has 0 aliphatic carbocycles. The second kappa shape index (κ2) is 7.43. The van der Waals surface area contributed by atoms with Crippen LogP contribution in [0.4, 0.5) is 5.69 Å². The van der Waals surface area contributed by atoms with Gasteiger partial charge in [0.15, 0.2) is 0 Å². The topological polar surface area (TPSA) is 53.5 Å². The molecular weight excluding hydrogens is 398 g/mol. The molecule has 2 aliphatic heterocycles.